The van der Waals surface area contributed by atoms with Crippen LogP contribution in [0.1, 0.15) is 12.8 Å². The first kappa shape index (κ1) is 16.4. The Balaban J connectivity index is 1.45. The molecule has 2 aromatic carbocycles. The van der Waals surface area contributed by atoms with E-state index in [-0.39, 0.29) is 0 Å². The van der Waals surface area contributed by atoms with Crippen molar-refractivity contribution in [2.45, 2.75) is 19.4 Å². The Hall–Kier alpha value is -2.80. The number of hydrogen-bond donors (Lipinski definition) is 0. The van der Waals surface area contributed by atoms with Crippen LogP contribution in [0.25, 0.3) is 22.3 Å². The number of hydrogen-bond acceptors (Lipinski definition) is 5. The van der Waals surface area contributed by atoms with Crippen LogP contribution in [0.2, 0.25) is 0 Å². The van der Waals surface area contributed by atoms with Gasteiger partial charge in [0.25, 0.3) is 0 Å². The van der Waals surface area contributed by atoms with Crippen LogP contribution in [0.5, 0.6) is 11.8 Å². The molecule has 1 saturated carbocycles. The number of nitrogens with zero attached hydrogens (tertiary/aromatic N) is 5. The van der Waals surface area contributed by atoms with Gasteiger partial charge in [0.1, 0.15) is 11.3 Å². The zero-order valence-electron chi connectivity index (χ0n) is 14.4. The van der Waals surface area contributed by atoms with Crippen LogP contribution < -0.4 is 4.74 Å². The average molecular weight is 422 g/mol. The van der Waals surface area contributed by atoms with Gasteiger partial charge in [-0.15, -0.1) is 5.10 Å². The molecule has 0 spiro atoms. The molecule has 1 aliphatic carbocycles. The Labute approximate surface area is 164 Å². The molecule has 27 heavy (non-hydrogen) atoms. The number of ether oxygens (including phenoxy) is 1. The second-order valence-corrected chi connectivity index (χ2v) is 7.45. The van der Waals surface area contributed by atoms with Gasteiger partial charge in [0.2, 0.25) is 0 Å². The predicted molar refractivity (Wildman–Crippen MR) is 105 cm³/mol. The van der Waals surface area contributed by atoms with Gasteiger partial charge >= 0.3 is 6.01 Å². The van der Waals surface area contributed by atoms with E-state index >= 15 is 0 Å². The van der Waals surface area contributed by atoms with Crippen molar-refractivity contribution in [2.75, 3.05) is 0 Å². The van der Waals surface area contributed by atoms with Gasteiger partial charge in [-0.05, 0) is 52.9 Å². The van der Waals surface area contributed by atoms with Gasteiger partial charge in [0.15, 0.2) is 0 Å². The average Bonchev–Trinajstić information content (AvgIpc) is 3.43. The van der Waals surface area contributed by atoms with Gasteiger partial charge in [-0.2, -0.15) is 4.98 Å². The predicted octanol–water partition coefficient (Wildman–Crippen LogP) is 4.85. The third-order valence-electron chi connectivity index (χ3n) is 4.62. The van der Waals surface area contributed by atoms with Crippen molar-refractivity contribution < 1.29 is 4.74 Å². The van der Waals surface area contributed by atoms with Crippen molar-refractivity contribution in [1.29, 1.82) is 0 Å². The topological polar surface area (TPSA) is 65.7 Å². The van der Waals surface area contributed by atoms with Crippen LogP contribution in [-0.2, 0) is 6.54 Å². The maximum absolute atomic E-state index is 5.94. The lowest BCUT2D eigenvalue weighted by atomic mass is 10.1. The summed E-state index contributed by atoms with van der Waals surface area (Å²) in [6.45, 7) is 0.922. The highest BCUT2D eigenvalue weighted by atomic mass is 79.9. The first-order valence-corrected chi connectivity index (χ1v) is 9.65. The van der Waals surface area contributed by atoms with Gasteiger partial charge in [0.05, 0.1) is 15.7 Å². The van der Waals surface area contributed by atoms with Crippen molar-refractivity contribution in [3.63, 3.8) is 0 Å². The summed E-state index contributed by atoms with van der Waals surface area (Å²) in [5.74, 6) is 1.35. The van der Waals surface area contributed by atoms with Gasteiger partial charge in [0, 0.05) is 18.3 Å². The quantitative estimate of drug-likeness (QED) is 0.460. The van der Waals surface area contributed by atoms with Crippen molar-refractivity contribution in [3.8, 4) is 23.0 Å². The van der Waals surface area contributed by atoms with E-state index in [0.717, 1.165) is 39.2 Å². The molecule has 1 fully saturated rings. The van der Waals surface area contributed by atoms with Crippen LogP contribution in [0, 0.1) is 5.92 Å². The third kappa shape index (κ3) is 3.30. The first-order chi connectivity index (χ1) is 13.3. The van der Waals surface area contributed by atoms with Gasteiger partial charge in [-0.1, -0.05) is 35.5 Å². The van der Waals surface area contributed by atoms with Crippen LogP contribution in [-0.4, -0.2) is 25.0 Å². The molecule has 1 aliphatic rings. The summed E-state index contributed by atoms with van der Waals surface area (Å²) < 4.78 is 8.66. The smallest absolute Gasteiger partial charge is 0.322 e. The molecule has 2 aromatic heterocycles. The minimum atomic E-state index is 0.293. The summed E-state index contributed by atoms with van der Waals surface area (Å²) in [7, 11) is 0. The molecule has 0 bridgehead atoms. The van der Waals surface area contributed by atoms with Gasteiger partial charge in [-0.3, -0.25) is 0 Å². The Morgan fingerprint density at radius 3 is 2.74 bits per heavy atom. The molecular weight excluding hydrogens is 406 g/mol. The fraction of sp³-hybridized carbons (Fsp3) is 0.200. The number of halogens is 1. The molecule has 0 saturated heterocycles. The molecule has 2 heterocycles. The zero-order chi connectivity index (χ0) is 18.2. The second-order valence-electron chi connectivity index (χ2n) is 6.65. The highest BCUT2D eigenvalue weighted by molar-refractivity contribution is 9.10. The summed E-state index contributed by atoms with van der Waals surface area (Å²) in [6, 6.07) is 16.0. The second kappa shape index (κ2) is 6.74. The molecule has 4 aromatic rings. The molecule has 134 valence electrons. The SMILES string of the molecule is Brc1c(Oc2nccc(-c3ccccc3)n2)ccc2c1nnn2CC1CC1. The van der Waals surface area contributed by atoms with E-state index < -0.39 is 0 Å². The number of fused-ring (bicyclic) bond motifs is 1. The lowest BCUT2D eigenvalue weighted by Crippen LogP contribution is -2.01. The molecule has 0 radical (unpaired) electrons. The van der Waals surface area contributed by atoms with E-state index in [1.807, 2.05) is 53.2 Å². The summed E-state index contributed by atoms with van der Waals surface area (Å²) in [5, 5.41) is 8.60. The van der Waals surface area contributed by atoms with Crippen molar-refractivity contribution >= 4 is 27.0 Å². The van der Waals surface area contributed by atoms with Gasteiger partial charge < -0.3 is 4.74 Å². The van der Waals surface area contributed by atoms with E-state index in [2.05, 4.69) is 36.2 Å². The fourth-order valence-corrected chi connectivity index (χ4v) is 3.50. The monoisotopic (exact) mass is 421 g/mol. The van der Waals surface area contributed by atoms with E-state index in [1.54, 1.807) is 6.20 Å². The lowest BCUT2D eigenvalue weighted by molar-refractivity contribution is 0.440. The molecule has 0 aliphatic heterocycles. The van der Waals surface area contributed by atoms with E-state index in [0.29, 0.717) is 11.8 Å². The summed E-state index contributed by atoms with van der Waals surface area (Å²) in [5.41, 5.74) is 3.61. The number of aromatic nitrogens is 5. The van der Waals surface area contributed by atoms with Crippen molar-refractivity contribution in [3.05, 3.63) is 59.2 Å². The summed E-state index contributed by atoms with van der Waals surface area (Å²) in [6.07, 6.45) is 4.25. The molecule has 0 amide bonds. The molecule has 6 nitrogen and oxygen atoms in total. The van der Waals surface area contributed by atoms with Crippen LogP contribution in [0.3, 0.4) is 0 Å². The maximum Gasteiger partial charge on any atom is 0.322 e. The summed E-state index contributed by atoms with van der Waals surface area (Å²) >= 11 is 3.60. The van der Waals surface area contributed by atoms with Crippen molar-refractivity contribution in [2.24, 2.45) is 5.92 Å². The number of benzene rings is 2. The van der Waals surface area contributed by atoms with E-state index in [9.17, 15) is 0 Å². The zero-order valence-corrected chi connectivity index (χ0v) is 16.0. The van der Waals surface area contributed by atoms with E-state index in [4.69, 9.17) is 4.74 Å². The Bertz CT molecular complexity index is 1110. The van der Waals surface area contributed by atoms with Crippen molar-refractivity contribution in [1.82, 2.24) is 25.0 Å². The Kier molecular flexibility index (Phi) is 4.09. The minimum Gasteiger partial charge on any atom is -0.423 e. The highest BCUT2D eigenvalue weighted by Crippen LogP contribution is 2.36. The molecule has 7 heteroatoms. The Morgan fingerprint density at radius 2 is 1.93 bits per heavy atom. The molecule has 0 N–H and O–H groups in total. The lowest BCUT2D eigenvalue weighted by Gasteiger charge is -2.08. The third-order valence-corrected chi connectivity index (χ3v) is 5.39. The molecule has 5 rings (SSSR count). The van der Waals surface area contributed by atoms with E-state index in [1.165, 1.54) is 12.8 Å². The number of rotatable bonds is 5. The largest absolute Gasteiger partial charge is 0.423 e. The van der Waals surface area contributed by atoms with Crippen LogP contribution in [0.15, 0.2) is 59.2 Å². The molecule has 0 unspecified atom stereocenters. The normalized spacial score (nSPS) is 13.8. The van der Waals surface area contributed by atoms with Crippen LogP contribution >= 0.6 is 15.9 Å². The minimum absolute atomic E-state index is 0.293. The first-order valence-electron chi connectivity index (χ1n) is 8.86. The van der Waals surface area contributed by atoms with Gasteiger partial charge in [-0.25, -0.2) is 9.67 Å². The standard InChI is InChI=1S/C20H16BrN5O/c21-18-17(9-8-16-19(18)24-25-26(16)12-13-6-7-13)27-20-22-11-10-15(23-20)14-4-2-1-3-5-14/h1-5,8-11,13H,6-7,12H2. The summed E-state index contributed by atoms with van der Waals surface area (Å²) in [4.78, 5) is 8.76. The highest BCUT2D eigenvalue weighted by Gasteiger charge is 2.24. The molecular formula is C20H16BrN5O. The molecule has 0 atom stereocenters. The Morgan fingerprint density at radius 1 is 1.07 bits per heavy atom. The van der Waals surface area contributed by atoms with Crippen LogP contribution in [0.4, 0.5) is 0 Å². The maximum atomic E-state index is 5.94. The fourth-order valence-electron chi connectivity index (χ4n) is 3.00.